The van der Waals surface area contributed by atoms with E-state index in [4.69, 9.17) is 0 Å². The molecule has 5 heteroatoms. The normalized spacial score (nSPS) is 10.6. The lowest BCUT2D eigenvalue weighted by atomic mass is 10.1. The third-order valence-corrected chi connectivity index (χ3v) is 3.65. The molecule has 0 saturated heterocycles. The Bertz CT molecular complexity index is 607. The summed E-state index contributed by atoms with van der Waals surface area (Å²) in [7, 11) is 0. The minimum Gasteiger partial charge on any atom is -0.345 e. The summed E-state index contributed by atoms with van der Waals surface area (Å²) in [5, 5.41) is 2.93. The van der Waals surface area contributed by atoms with Crippen molar-refractivity contribution in [2.45, 2.75) is 33.4 Å². The summed E-state index contributed by atoms with van der Waals surface area (Å²) in [4.78, 5) is 16.6. The molecule has 0 aliphatic rings. The van der Waals surface area contributed by atoms with Gasteiger partial charge in [0.15, 0.2) is 0 Å². The zero-order chi connectivity index (χ0) is 14.5. The fourth-order valence-electron chi connectivity index (χ4n) is 2.13. The molecule has 0 aromatic carbocycles. The lowest BCUT2D eigenvalue weighted by Gasteiger charge is -2.09. The maximum atomic E-state index is 12.2. The Kier molecular flexibility index (Phi) is 4.95. The predicted octanol–water partition coefficient (Wildman–Crippen LogP) is 3.16. The number of carbonyl (C=O) groups is 1. The van der Waals surface area contributed by atoms with Crippen molar-refractivity contribution < 1.29 is 4.79 Å². The molecule has 0 aliphatic carbocycles. The van der Waals surface area contributed by atoms with E-state index in [2.05, 4.69) is 33.2 Å². The van der Waals surface area contributed by atoms with Gasteiger partial charge in [0.25, 0.3) is 5.91 Å². The summed E-state index contributed by atoms with van der Waals surface area (Å²) in [6.45, 7) is 5.31. The van der Waals surface area contributed by atoms with Crippen molar-refractivity contribution in [2.24, 2.45) is 0 Å². The molecule has 2 aromatic heterocycles. The molecular formula is C15H18BrN3O. The first-order valence-electron chi connectivity index (χ1n) is 6.72. The standard InChI is InChI=1S/C15H18BrN3O/c1-3-11-6-5-7-17-13(11)9-18-15(20)14-8-12(16)10-19(14)4-2/h5-8,10H,3-4,9H2,1-2H3,(H,18,20). The number of amides is 1. The van der Waals surface area contributed by atoms with E-state index in [1.807, 2.05) is 35.9 Å². The smallest absolute Gasteiger partial charge is 0.268 e. The molecule has 0 saturated carbocycles. The van der Waals surface area contributed by atoms with Crippen LogP contribution >= 0.6 is 15.9 Å². The summed E-state index contributed by atoms with van der Waals surface area (Å²) in [6, 6.07) is 5.79. The molecule has 2 aromatic rings. The van der Waals surface area contributed by atoms with Crippen molar-refractivity contribution in [2.75, 3.05) is 0 Å². The molecular weight excluding hydrogens is 318 g/mol. The molecule has 2 rings (SSSR count). The second kappa shape index (κ2) is 6.70. The molecule has 20 heavy (non-hydrogen) atoms. The van der Waals surface area contributed by atoms with Crippen LogP contribution < -0.4 is 5.32 Å². The van der Waals surface area contributed by atoms with E-state index in [0.29, 0.717) is 12.2 Å². The minimum absolute atomic E-state index is 0.0785. The van der Waals surface area contributed by atoms with E-state index in [9.17, 15) is 4.79 Å². The van der Waals surface area contributed by atoms with Crippen molar-refractivity contribution in [1.29, 1.82) is 0 Å². The minimum atomic E-state index is -0.0785. The van der Waals surface area contributed by atoms with Crippen molar-refractivity contribution >= 4 is 21.8 Å². The van der Waals surface area contributed by atoms with Crippen molar-refractivity contribution in [3.05, 3.63) is 52.0 Å². The maximum Gasteiger partial charge on any atom is 0.268 e. The van der Waals surface area contributed by atoms with Crippen LogP contribution in [0.3, 0.4) is 0 Å². The highest BCUT2D eigenvalue weighted by atomic mass is 79.9. The Morgan fingerprint density at radius 3 is 2.95 bits per heavy atom. The Labute approximate surface area is 127 Å². The van der Waals surface area contributed by atoms with Crippen LogP contribution in [0.5, 0.6) is 0 Å². The highest BCUT2D eigenvalue weighted by Gasteiger charge is 2.12. The molecule has 0 fully saturated rings. The zero-order valence-electron chi connectivity index (χ0n) is 11.7. The molecule has 106 valence electrons. The molecule has 0 bridgehead atoms. The van der Waals surface area contributed by atoms with Gasteiger partial charge in [-0.2, -0.15) is 0 Å². The molecule has 2 heterocycles. The molecule has 1 N–H and O–H groups in total. The third kappa shape index (κ3) is 3.28. The Balaban J connectivity index is 2.08. The van der Waals surface area contributed by atoms with Gasteiger partial charge in [-0.3, -0.25) is 9.78 Å². The third-order valence-electron chi connectivity index (χ3n) is 3.22. The largest absolute Gasteiger partial charge is 0.345 e. The molecule has 0 atom stereocenters. The number of hydrogen-bond acceptors (Lipinski definition) is 2. The van der Waals surface area contributed by atoms with Gasteiger partial charge in [0, 0.05) is 23.4 Å². The summed E-state index contributed by atoms with van der Waals surface area (Å²) in [5.74, 6) is -0.0785. The Hall–Kier alpha value is -1.62. The van der Waals surface area contributed by atoms with Gasteiger partial charge in [-0.25, -0.2) is 0 Å². The molecule has 0 spiro atoms. The second-order valence-electron chi connectivity index (χ2n) is 4.48. The van der Waals surface area contributed by atoms with Gasteiger partial charge in [-0.1, -0.05) is 13.0 Å². The van der Waals surface area contributed by atoms with Crippen LogP contribution in [-0.2, 0) is 19.5 Å². The lowest BCUT2D eigenvalue weighted by Crippen LogP contribution is -2.26. The highest BCUT2D eigenvalue weighted by Crippen LogP contribution is 2.15. The first-order chi connectivity index (χ1) is 9.65. The van der Waals surface area contributed by atoms with Gasteiger partial charge in [-0.05, 0) is 47.0 Å². The topological polar surface area (TPSA) is 46.9 Å². The van der Waals surface area contributed by atoms with Crippen LogP contribution in [0.2, 0.25) is 0 Å². The molecule has 4 nitrogen and oxygen atoms in total. The summed E-state index contributed by atoms with van der Waals surface area (Å²) in [5.41, 5.74) is 2.75. The van der Waals surface area contributed by atoms with E-state index >= 15 is 0 Å². The predicted molar refractivity (Wildman–Crippen MR) is 82.6 cm³/mol. The quantitative estimate of drug-likeness (QED) is 0.912. The first-order valence-corrected chi connectivity index (χ1v) is 7.51. The Morgan fingerprint density at radius 1 is 1.45 bits per heavy atom. The number of nitrogens with one attached hydrogen (secondary N) is 1. The fourth-order valence-corrected chi connectivity index (χ4v) is 2.60. The van der Waals surface area contributed by atoms with Crippen LogP contribution in [-0.4, -0.2) is 15.5 Å². The molecule has 1 amide bonds. The number of hydrogen-bond donors (Lipinski definition) is 1. The number of rotatable bonds is 5. The van der Waals surface area contributed by atoms with Gasteiger partial charge in [0.2, 0.25) is 0 Å². The number of halogens is 1. The molecule has 0 unspecified atom stereocenters. The average Bonchev–Trinajstić information content (AvgIpc) is 2.86. The van der Waals surface area contributed by atoms with Gasteiger partial charge in [-0.15, -0.1) is 0 Å². The van der Waals surface area contributed by atoms with E-state index < -0.39 is 0 Å². The van der Waals surface area contributed by atoms with Crippen LogP contribution in [0.1, 0.15) is 35.6 Å². The van der Waals surface area contributed by atoms with Gasteiger partial charge >= 0.3 is 0 Å². The number of pyridine rings is 1. The van der Waals surface area contributed by atoms with Crippen LogP contribution in [0.15, 0.2) is 35.1 Å². The summed E-state index contributed by atoms with van der Waals surface area (Å²) in [6.07, 6.45) is 4.58. The Morgan fingerprint density at radius 2 is 2.25 bits per heavy atom. The zero-order valence-corrected chi connectivity index (χ0v) is 13.3. The summed E-state index contributed by atoms with van der Waals surface area (Å²) < 4.78 is 2.83. The number of aromatic nitrogens is 2. The average molecular weight is 336 g/mol. The van der Waals surface area contributed by atoms with Crippen molar-refractivity contribution in [1.82, 2.24) is 14.9 Å². The SMILES string of the molecule is CCc1cccnc1CNC(=O)c1cc(Br)cn1CC. The van der Waals surface area contributed by atoms with E-state index in [0.717, 1.165) is 23.1 Å². The number of nitrogens with zero attached hydrogens (tertiary/aromatic N) is 2. The van der Waals surface area contributed by atoms with E-state index in [-0.39, 0.29) is 5.91 Å². The van der Waals surface area contributed by atoms with Crippen LogP contribution in [0, 0.1) is 0 Å². The monoisotopic (exact) mass is 335 g/mol. The van der Waals surface area contributed by atoms with Crippen molar-refractivity contribution in [3.63, 3.8) is 0 Å². The first kappa shape index (κ1) is 14.8. The maximum absolute atomic E-state index is 12.2. The van der Waals surface area contributed by atoms with E-state index in [1.165, 1.54) is 5.56 Å². The number of aryl methyl sites for hydroxylation is 2. The lowest BCUT2D eigenvalue weighted by molar-refractivity contribution is 0.0941. The summed E-state index contributed by atoms with van der Waals surface area (Å²) >= 11 is 3.40. The van der Waals surface area contributed by atoms with Crippen molar-refractivity contribution in [3.8, 4) is 0 Å². The molecule has 0 aliphatic heterocycles. The second-order valence-corrected chi connectivity index (χ2v) is 5.39. The fraction of sp³-hybridized carbons (Fsp3) is 0.333. The number of carbonyl (C=O) groups excluding carboxylic acids is 1. The molecule has 0 radical (unpaired) electrons. The van der Waals surface area contributed by atoms with Gasteiger partial charge in [0.05, 0.1) is 12.2 Å². The van der Waals surface area contributed by atoms with E-state index in [1.54, 1.807) is 6.20 Å². The van der Waals surface area contributed by atoms with Crippen LogP contribution in [0.4, 0.5) is 0 Å². The van der Waals surface area contributed by atoms with Crippen LogP contribution in [0.25, 0.3) is 0 Å². The van der Waals surface area contributed by atoms with Gasteiger partial charge < -0.3 is 9.88 Å². The van der Waals surface area contributed by atoms with Gasteiger partial charge in [0.1, 0.15) is 5.69 Å². The highest BCUT2D eigenvalue weighted by molar-refractivity contribution is 9.10.